The molecule has 0 spiro atoms. The van der Waals surface area contributed by atoms with Crippen molar-refractivity contribution in [1.82, 2.24) is 9.97 Å². The number of anilines is 2. The molecule has 7 heteroatoms. The number of hydrogen-bond donors (Lipinski definition) is 2. The van der Waals surface area contributed by atoms with Gasteiger partial charge >= 0.3 is 0 Å². The lowest BCUT2D eigenvalue weighted by atomic mass is 10.2. The predicted molar refractivity (Wildman–Crippen MR) is 70.0 cm³/mol. The molecule has 0 unspecified atom stereocenters. The molecule has 1 aromatic heterocycles. The van der Waals surface area contributed by atoms with Crippen LogP contribution < -0.4 is 10.6 Å². The first kappa shape index (κ1) is 13.3. The van der Waals surface area contributed by atoms with Crippen molar-refractivity contribution in [3.8, 4) is 0 Å². The minimum Gasteiger partial charge on any atom is -0.383 e. The molecular formula is C11H17ClN4O2. The molecule has 1 saturated heterocycles. The van der Waals surface area contributed by atoms with Crippen LogP contribution in [0.5, 0.6) is 0 Å². The van der Waals surface area contributed by atoms with Crippen molar-refractivity contribution in [3.05, 3.63) is 11.5 Å². The third-order valence-electron chi connectivity index (χ3n) is 2.82. The Morgan fingerprint density at radius 1 is 1.39 bits per heavy atom. The number of rotatable bonds is 5. The molecule has 0 aliphatic carbocycles. The Labute approximate surface area is 111 Å². The van der Waals surface area contributed by atoms with Crippen LogP contribution in [-0.2, 0) is 9.47 Å². The summed E-state index contributed by atoms with van der Waals surface area (Å²) < 4.78 is 11.0. The van der Waals surface area contributed by atoms with E-state index in [0.29, 0.717) is 36.4 Å². The van der Waals surface area contributed by atoms with Crippen LogP contribution in [0.2, 0.25) is 5.15 Å². The second-order valence-corrected chi connectivity index (χ2v) is 4.50. The quantitative estimate of drug-likeness (QED) is 0.796. The highest BCUT2D eigenvalue weighted by Gasteiger charge is 2.30. The SMILES string of the molecule is CNc1c(Cl)ncnc1NCCC1(C)OCCO1. The molecule has 0 radical (unpaired) electrons. The molecule has 2 N–H and O–H groups in total. The fourth-order valence-corrected chi connectivity index (χ4v) is 2.06. The van der Waals surface area contributed by atoms with E-state index in [0.717, 1.165) is 6.42 Å². The van der Waals surface area contributed by atoms with E-state index in [1.807, 2.05) is 6.92 Å². The Balaban J connectivity index is 1.92. The van der Waals surface area contributed by atoms with Gasteiger partial charge in [0.1, 0.15) is 12.0 Å². The Kier molecular flexibility index (Phi) is 4.21. The lowest BCUT2D eigenvalue weighted by Gasteiger charge is -2.22. The summed E-state index contributed by atoms with van der Waals surface area (Å²) in [6, 6.07) is 0. The monoisotopic (exact) mass is 272 g/mol. The third-order valence-corrected chi connectivity index (χ3v) is 3.11. The molecular weight excluding hydrogens is 256 g/mol. The highest BCUT2D eigenvalue weighted by Crippen LogP contribution is 2.26. The zero-order valence-electron chi connectivity index (χ0n) is 10.5. The first-order valence-electron chi connectivity index (χ1n) is 5.85. The fourth-order valence-electron chi connectivity index (χ4n) is 1.83. The topological polar surface area (TPSA) is 68.3 Å². The zero-order chi connectivity index (χ0) is 13.0. The van der Waals surface area contributed by atoms with Gasteiger partial charge in [-0.3, -0.25) is 0 Å². The van der Waals surface area contributed by atoms with E-state index in [9.17, 15) is 0 Å². The highest BCUT2D eigenvalue weighted by molar-refractivity contribution is 6.32. The summed E-state index contributed by atoms with van der Waals surface area (Å²) in [5.41, 5.74) is 0.692. The minimum absolute atomic E-state index is 0.398. The van der Waals surface area contributed by atoms with Gasteiger partial charge in [0, 0.05) is 20.0 Å². The smallest absolute Gasteiger partial charge is 0.167 e. The van der Waals surface area contributed by atoms with Crippen LogP contribution in [0.15, 0.2) is 6.33 Å². The van der Waals surface area contributed by atoms with E-state index >= 15 is 0 Å². The van der Waals surface area contributed by atoms with E-state index in [1.165, 1.54) is 6.33 Å². The van der Waals surface area contributed by atoms with E-state index in [2.05, 4.69) is 20.6 Å². The maximum atomic E-state index is 5.96. The van der Waals surface area contributed by atoms with Gasteiger partial charge in [0.05, 0.1) is 13.2 Å². The average molecular weight is 273 g/mol. The lowest BCUT2D eigenvalue weighted by Crippen LogP contribution is -2.28. The second-order valence-electron chi connectivity index (χ2n) is 4.15. The number of ether oxygens (including phenoxy) is 2. The predicted octanol–water partition coefficient (Wildman–Crippen LogP) is 1.74. The Bertz CT molecular complexity index is 410. The molecule has 1 aliphatic rings. The fraction of sp³-hybridized carbons (Fsp3) is 0.636. The van der Waals surface area contributed by atoms with Crippen molar-refractivity contribution in [2.24, 2.45) is 0 Å². The second kappa shape index (κ2) is 5.69. The largest absolute Gasteiger partial charge is 0.383 e. The number of hydrogen-bond acceptors (Lipinski definition) is 6. The molecule has 1 aliphatic heterocycles. The third kappa shape index (κ3) is 3.01. The van der Waals surface area contributed by atoms with Crippen LogP contribution in [0, 0.1) is 0 Å². The molecule has 6 nitrogen and oxygen atoms in total. The minimum atomic E-state index is -0.496. The maximum absolute atomic E-state index is 5.96. The summed E-state index contributed by atoms with van der Waals surface area (Å²) in [7, 11) is 1.78. The molecule has 0 atom stereocenters. The highest BCUT2D eigenvalue weighted by atomic mass is 35.5. The van der Waals surface area contributed by atoms with Crippen LogP contribution in [0.4, 0.5) is 11.5 Å². The van der Waals surface area contributed by atoms with Crippen molar-refractivity contribution in [3.63, 3.8) is 0 Å². The number of aromatic nitrogens is 2. The molecule has 0 aromatic carbocycles. The summed E-state index contributed by atoms with van der Waals surface area (Å²) in [5, 5.41) is 6.57. The van der Waals surface area contributed by atoms with Crippen LogP contribution in [0.3, 0.4) is 0 Å². The van der Waals surface area contributed by atoms with Gasteiger partial charge in [-0.2, -0.15) is 0 Å². The molecule has 0 amide bonds. The van der Waals surface area contributed by atoms with Gasteiger partial charge in [-0.1, -0.05) is 11.6 Å². The first-order chi connectivity index (χ1) is 8.64. The average Bonchev–Trinajstić information content (AvgIpc) is 2.77. The van der Waals surface area contributed by atoms with Crippen LogP contribution >= 0.6 is 11.6 Å². The number of nitrogens with zero attached hydrogens (tertiary/aromatic N) is 2. The summed E-state index contributed by atoms with van der Waals surface area (Å²) in [6.07, 6.45) is 2.16. The summed E-state index contributed by atoms with van der Waals surface area (Å²) in [6.45, 7) is 3.92. The van der Waals surface area contributed by atoms with Crippen molar-refractivity contribution in [1.29, 1.82) is 0 Å². The van der Waals surface area contributed by atoms with Crippen LogP contribution in [-0.4, -0.2) is 42.6 Å². The Hall–Kier alpha value is -1.11. The van der Waals surface area contributed by atoms with E-state index in [1.54, 1.807) is 7.05 Å². The molecule has 2 heterocycles. The van der Waals surface area contributed by atoms with Crippen LogP contribution in [0.1, 0.15) is 13.3 Å². The summed E-state index contributed by atoms with van der Waals surface area (Å²) in [4.78, 5) is 8.06. The van der Waals surface area contributed by atoms with Crippen molar-refractivity contribution < 1.29 is 9.47 Å². The van der Waals surface area contributed by atoms with Crippen LogP contribution in [0.25, 0.3) is 0 Å². The standard InChI is InChI=1S/C11H17ClN4O2/c1-11(17-5-6-18-11)3-4-14-10-8(13-2)9(12)15-7-16-10/h7,13H,3-6H2,1-2H3,(H,14,15,16). The van der Waals surface area contributed by atoms with Gasteiger partial charge in [0.25, 0.3) is 0 Å². The Morgan fingerprint density at radius 2 is 2.11 bits per heavy atom. The Morgan fingerprint density at radius 3 is 2.78 bits per heavy atom. The summed E-state index contributed by atoms with van der Waals surface area (Å²) >= 11 is 5.96. The van der Waals surface area contributed by atoms with Crippen molar-refractivity contribution in [2.75, 3.05) is 37.4 Å². The number of nitrogens with one attached hydrogen (secondary N) is 2. The van der Waals surface area contributed by atoms with Crippen molar-refractivity contribution in [2.45, 2.75) is 19.1 Å². The molecule has 18 heavy (non-hydrogen) atoms. The van der Waals surface area contributed by atoms with Gasteiger partial charge in [0.2, 0.25) is 0 Å². The van der Waals surface area contributed by atoms with Crippen molar-refractivity contribution >= 4 is 23.1 Å². The maximum Gasteiger partial charge on any atom is 0.167 e. The lowest BCUT2D eigenvalue weighted by molar-refractivity contribution is -0.144. The van der Waals surface area contributed by atoms with Gasteiger partial charge in [-0.05, 0) is 6.92 Å². The number of halogens is 1. The van der Waals surface area contributed by atoms with E-state index < -0.39 is 5.79 Å². The molecule has 0 saturated carbocycles. The van der Waals surface area contributed by atoms with Gasteiger partial charge in [-0.25, -0.2) is 9.97 Å². The molecule has 1 fully saturated rings. The van der Waals surface area contributed by atoms with E-state index in [-0.39, 0.29) is 0 Å². The van der Waals surface area contributed by atoms with Gasteiger partial charge in [0.15, 0.2) is 16.8 Å². The molecule has 1 aromatic rings. The molecule has 100 valence electrons. The van der Waals surface area contributed by atoms with Gasteiger partial charge in [-0.15, -0.1) is 0 Å². The normalized spacial score (nSPS) is 17.7. The first-order valence-corrected chi connectivity index (χ1v) is 6.22. The zero-order valence-corrected chi connectivity index (χ0v) is 11.3. The van der Waals surface area contributed by atoms with Gasteiger partial charge < -0.3 is 20.1 Å². The molecule has 2 rings (SSSR count). The van der Waals surface area contributed by atoms with E-state index in [4.69, 9.17) is 21.1 Å². The summed E-state index contributed by atoms with van der Waals surface area (Å²) in [5.74, 6) is 0.183. The molecule has 0 bridgehead atoms.